The summed E-state index contributed by atoms with van der Waals surface area (Å²) in [6.07, 6.45) is 0. The molecule has 0 N–H and O–H groups in total. The summed E-state index contributed by atoms with van der Waals surface area (Å²) in [6.45, 7) is 1.90. The summed E-state index contributed by atoms with van der Waals surface area (Å²) in [6, 6.07) is 6.61. The standard InChI is InChI=1S/C11H12N2O2S/c1-8-3-4-11-10(5-8)13(2)9(6-12)7-16(11,14)15/h3-5,9H,7H2,1-2H3. The fourth-order valence-corrected chi connectivity index (χ4v) is 3.56. The topological polar surface area (TPSA) is 61.2 Å². The molecular weight excluding hydrogens is 224 g/mol. The number of fused-ring (bicyclic) bond motifs is 1. The highest BCUT2D eigenvalue weighted by atomic mass is 32.2. The number of nitrogens with zero attached hydrogens (tertiary/aromatic N) is 2. The van der Waals surface area contributed by atoms with Gasteiger partial charge in [0, 0.05) is 7.05 Å². The van der Waals surface area contributed by atoms with Gasteiger partial charge in [0.15, 0.2) is 9.84 Å². The Labute approximate surface area is 95.0 Å². The first kappa shape index (κ1) is 11.0. The van der Waals surface area contributed by atoms with E-state index in [1.807, 2.05) is 13.0 Å². The molecule has 1 heterocycles. The van der Waals surface area contributed by atoms with E-state index in [-0.39, 0.29) is 5.75 Å². The van der Waals surface area contributed by atoms with Gasteiger partial charge < -0.3 is 4.90 Å². The lowest BCUT2D eigenvalue weighted by Gasteiger charge is -2.31. The number of aryl methyl sites for hydroxylation is 1. The van der Waals surface area contributed by atoms with Gasteiger partial charge in [-0.25, -0.2) is 8.42 Å². The van der Waals surface area contributed by atoms with Crippen LogP contribution in [0.5, 0.6) is 0 Å². The molecule has 0 amide bonds. The van der Waals surface area contributed by atoms with Crippen LogP contribution in [0.4, 0.5) is 5.69 Å². The normalized spacial score (nSPS) is 22.3. The molecule has 0 saturated heterocycles. The van der Waals surface area contributed by atoms with E-state index in [1.165, 1.54) is 0 Å². The molecule has 1 unspecified atom stereocenters. The fourth-order valence-electron chi connectivity index (χ4n) is 1.87. The van der Waals surface area contributed by atoms with Gasteiger partial charge in [-0.1, -0.05) is 6.07 Å². The molecule has 0 saturated carbocycles. The highest BCUT2D eigenvalue weighted by Crippen LogP contribution is 2.32. The predicted molar refractivity (Wildman–Crippen MR) is 61.0 cm³/mol. The largest absolute Gasteiger partial charge is 0.357 e. The molecule has 1 aromatic carbocycles. The molecule has 0 aromatic heterocycles. The summed E-state index contributed by atoms with van der Waals surface area (Å²) in [5, 5.41) is 8.93. The van der Waals surface area contributed by atoms with E-state index >= 15 is 0 Å². The fraction of sp³-hybridized carbons (Fsp3) is 0.364. The van der Waals surface area contributed by atoms with Crippen LogP contribution < -0.4 is 4.90 Å². The summed E-state index contributed by atoms with van der Waals surface area (Å²) < 4.78 is 23.8. The molecule has 16 heavy (non-hydrogen) atoms. The number of sulfone groups is 1. The molecule has 1 aliphatic rings. The smallest absolute Gasteiger partial charge is 0.183 e. The van der Waals surface area contributed by atoms with Crippen molar-refractivity contribution in [1.29, 1.82) is 5.26 Å². The molecule has 0 aliphatic carbocycles. The number of hydrogen-bond acceptors (Lipinski definition) is 4. The second kappa shape index (κ2) is 3.49. The average molecular weight is 236 g/mol. The Hall–Kier alpha value is -1.54. The third-order valence-electron chi connectivity index (χ3n) is 2.82. The Kier molecular flexibility index (Phi) is 2.39. The molecule has 0 fully saturated rings. The molecule has 1 atom stereocenters. The van der Waals surface area contributed by atoms with E-state index in [9.17, 15) is 8.42 Å². The molecular formula is C11H12N2O2S. The van der Waals surface area contributed by atoms with Gasteiger partial charge in [-0.2, -0.15) is 5.26 Å². The van der Waals surface area contributed by atoms with Crippen molar-refractivity contribution in [2.75, 3.05) is 17.7 Å². The van der Waals surface area contributed by atoms with Crippen LogP contribution in [0.1, 0.15) is 5.56 Å². The zero-order valence-electron chi connectivity index (χ0n) is 9.14. The Morgan fingerprint density at radius 3 is 2.81 bits per heavy atom. The van der Waals surface area contributed by atoms with Crippen molar-refractivity contribution in [2.45, 2.75) is 17.9 Å². The summed E-state index contributed by atoms with van der Waals surface area (Å²) in [7, 11) is -1.57. The van der Waals surface area contributed by atoms with Crippen LogP contribution >= 0.6 is 0 Å². The van der Waals surface area contributed by atoms with Gasteiger partial charge in [-0.15, -0.1) is 0 Å². The quantitative estimate of drug-likeness (QED) is 0.677. The molecule has 0 radical (unpaired) electrons. The summed E-state index contributed by atoms with van der Waals surface area (Å²) in [4.78, 5) is 2.05. The first-order chi connectivity index (χ1) is 7.45. The van der Waals surface area contributed by atoms with E-state index in [2.05, 4.69) is 0 Å². The molecule has 1 aromatic rings. The van der Waals surface area contributed by atoms with Gasteiger partial charge in [-0.05, 0) is 24.6 Å². The first-order valence-corrected chi connectivity index (χ1v) is 6.57. The molecule has 4 nitrogen and oxygen atoms in total. The van der Waals surface area contributed by atoms with Crippen molar-refractivity contribution in [1.82, 2.24) is 0 Å². The van der Waals surface area contributed by atoms with E-state index in [0.717, 1.165) is 5.56 Å². The number of hydrogen-bond donors (Lipinski definition) is 0. The van der Waals surface area contributed by atoms with Gasteiger partial charge >= 0.3 is 0 Å². The minimum absolute atomic E-state index is 0.129. The Bertz CT molecular complexity index is 572. The Morgan fingerprint density at radius 2 is 2.19 bits per heavy atom. The molecule has 0 spiro atoms. The minimum atomic E-state index is -3.32. The van der Waals surface area contributed by atoms with Gasteiger partial charge in [-0.3, -0.25) is 0 Å². The van der Waals surface area contributed by atoms with Crippen LogP contribution in [-0.4, -0.2) is 27.3 Å². The van der Waals surface area contributed by atoms with Crippen LogP contribution in [0, 0.1) is 18.3 Å². The molecule has 0 bridgehead atoms. The number of benzene rings is 1. The predicted octanol–water partition coefficient (Wildman–Crippen LogP) is 1.11. The van der Waals surface area contributed by atoms with Crippen molar-refractivity contribution < 1.29 is 8.42 Å². The average Bonchev–Trinajstić information content (AvgIpc) is 2.23. The van der Waals surface area contributed by atoms with Crippen LogP contribution in [0.2, 0.25) is 0 Å². The highest BCUT2D eigenvalue weighted by molar-refractivity contribution is 7.91. The maximum atomic E-state index is 11.9. The molecule has 5 heteroatoms. The van der Waals surface area contributed by atoms with Crippen molar-refractivity contribution in [3.63, 3.8) is 0 Å². The van der Waals surface area contributed by atoms with E-state index in [4.69, 9.17) is 5.26 Å². The third-order valence-corrected chi connectivity index (χ3v) is 4.59. The van der Waals surface area contributed by atoms with Crippen LogP contribution in [0.25, 0.3) is 0 Å². The zero-order chi connectivity index (χ0) is 11.9. The van der Waals surface area contributed by atoms with Gasteiger partial charge in [0.2, 0.25) is 0 Å². The SMILES string of the molecule is Cc1ccc2c(c1)N(C)C(C#N)CS2(=O)=O. The summed E-state index contributed by atoms with van der Waals surface area (Å²) in [5.41, 5.74) is 1.61. The second-order valence-electron chi connectivity index (χ2n) is 4.01. The minimum Gasteiger partial charge on any atom is -0.357 e. The van der Waals surface area contributed by atoms with Gasteiger partial charge in [0.05, 0.1) is 22.4 Å². The van der Waals surface area contributed by atoms with E-state index in [0.29, 0.717) is 10.6 Å². The van der Waals surface area contributed by atoms with Crippen LogP contribution in [-0.2, 0) is 9.84 Å². The molecule has 84 valence electrons. The molecule has 2 rings (SSSR count). The highest BCUT2D eigenvalue weighted by Gasteiger charge is 2.33. The van der Waals surface area contributed by atoms with Crippen molar-refractivity contribution in [2.24, 2.45) is 0 Å². The van der Waals surface area contributed by atoms with Crippen molar-refractivity contribution in [3.05, 3.63) is 23.8 Å². The first-order valence-electron chi connectivity index (χ1n) is 4.91. The third kappa shape index (κ3) is 1.55. The van der Waals surface area contributed by atoms with Gasteiger partial charge in [0.1, 0.15) is 6.04 Å². The summed E-state index contributed by atoms with van der Waals surface area (Å²) >= 11 is 0. The lowest BCUT2D eigenvalue weighted by atomic mass is 10.2. The lowest BCUT2D eigenvalue weighted by Crippen LogP contribution is -2.41. The zero-order valence-corrected chi connectivity index (χ0v) is 9.95. The van der Waals surface area contributed by atoms with Crippen LogP contribution in [0.3, 0.4) is 0 Å². The van der Waals surface area contributed by atoms with E-state index < -0.39 is 15.9 Å². The number of rotatable bonds is 0. The van der Waals surface area contributed by atoms with E-state index in [1.54, 1.807) is 30.1 Å². The lowest BCUT2D eigenvalue weighted by molar-refractivity contribution is 0.586. The Balaban J connectivity index is 2.69. The number of anilines is 1. The maximum Gasteiger partial charge on any atom is 0.183 e. The monoisotopic (exact) mass is 236 g/mol. The van der Waals surface area contributed by atoms with Crippen LogP contribution in [0.15, 0.2) is 23.1 Å². The van der Waals surface area contributed by atoms with Gasteiger partial charge in [0.25, 0.3) is 0 Å². The Morgan fingerprint density at radius 1 is 1.50 bits per heavy atom. The second-order valence-corrected chi connectivity index (χ2v) is 6.01. The van der Waals surface area contributed by atoms with Crippen molar-refractivity contribution in [3.8, 4) is 6.07 Å². The maximum absolute atomic E-state index is 11.9. The summed E-state index contributed by atoms with van der Waals surface area (Å²) in [5.74, 6) is -0.129. The molecule has 1 aliphatic heterocycles. The number of nitriles is 1. The van der Waals surface area contributed by atoms with Crippen molar-refractivity contribution >= 4 is 15.5 Å².